The number of carbonyl (C=O) groups excluding carboxylic acids is 4. The second kappa shape index (κ2) is 8.89. The zero-order valence-electron chi connectivity index (χ0n) is 14.4. The van der Waals surface area contributed by atoms with E-state index in [0.717, 1.165) is 14.7 Å². The number of halogens is 3. The molecule has 0 unspecified atom stereocenters. The highest BCUT2D eigenvalue weighted by atomic mass is 127. The topological polar surface area (TPSA) is 108 Å². The quantitative estimate of drug-likeness (QED) is 0.267. The maximum absolute atomic E-state index is 12.7. The van der Waals surface area contributed by atoms with Crippen LogP contribution in [0.3, 0.4) is 0 Å². The maximum Gasteiger partial charge on any atom is 0.335 e. The smallest absolute Gasteiger partial charge is 0.276 e. The lowest BCUT2D eigenvalue weighted by Gasteiger charge is -2.28. The van der Waals surface area contributed by atoms with E-state index in [0.29, 0.717) is 10.7 Å². The minimum absolute atomic E-state index is 0.114. The summed E-state index contributed by atoms with van der Waals surface area (Å²) >= 11 is 13.8. The van der Waals surface area contributed by atoms with Gasteiger partial charge in [0.1, 0.15) is 0 Å². The van der Waals surface area contributed by atoms with Gasteiger partial charge in [-0.3, -0.25) is 19.7 Å². The van der Waals surface area contributed by atoms with Crippen molar-refractivity contribution in [2.45, 2.75) is 0 Å². The molecule has 2 aromatic carbocycles. The van der Waals surface area contributed by atoms with Crippen LogP contribution in [-0.4, -0.2) is 30.0 Å². The number of hydrogen-bond acceptors (Lipinski definition) is 5. The molecule has 0 bridgehead atoms. The van der Waals surface area contributed by atoms with Crippen molar-refractivity contribution in [3.8, 4) is 0 Å². The summed E-state index contributed by atoms with van der Waals surface area (Å²) in [7, 11) is 0. The van der Waals surface area contributed by atoms with Crippen LogP contribution in [0.25, 0.3) is 0 Å². The molecule has 8 nitrogen and oxygen atoms in total. The third-order valence-electron chi connectivity index (χ3n) is 3.85. The Kier molecular flexibility index (Phi) is 6.50. The molecule has 0 aromatic heterocycles. The first kappa shape index (κ1) is 21.2. The number of carbonyl (C=O) groups is 4. The molecule has 2 aromatic rings. The molecule has 0 spiro atoms. The molecule has 11 heteroatoms. The van der Waals surface area contributed by atoms with Gasteiger partial charge in [-0.25, -0.2) is 15.1 Å². The molecule has 0 radical (unpaired) electrons. The first-order chi connectivity index (χ1) is 13.8. The molecule has 1 atom stereocenters. The third kappa shape index (κ3) is 4.74. The van der Waals surface area contributed by atoms with Crippen LogP contribution in [0.4, 0.5) is 10.5 Å². The van der Waals surface area contributed by atoms with Crippen LogP contribution in [-0.2, 0) is 9.59 Å². The Labute approximate surface area is 188 Å². The van der Waals surface area contributed by atoms with Gasteiger partial charge in [-0.15, -0.1) is 0 Å². The van der Waals surface area contributed by atoms with E-state index in [4.69, 9.17) is 23.2 Å². The highest BCUT2D eigenvalue weighted by molar-refractivity contribution is 14.1. The second-order valence-electron chi connectivity index (χ2n) is 5.77. The van der Waals surface area contributed by atoms with E-state index in [9.17, 15) is 19.2 Å². The summed E-state index contributed by atoms with van der Waals surface area (Å²) in [4.78, 5) is 49.8. The number of imide groups is 2. The van der Waals surface area contributed by atoms with Gasteiger partial charge >= 0.3 is 6.03 Å². The predicted octanol–water partition coefficient (Wildman–Crippen LogP) is 3.21. The van der Waals surface area contributed by atoms with Crippen LogP contribution in [0.5, 0.6) is 0 Å². The van der Waals surface area contributed by atoms with Crippen molar-refractivity contribution < 1.29 is 19.2 Å². The lowest BCUT2D eigenvalue weighted by atomic mass is 10.1. The van der Waals surface area contributed by atoms with Crippen molar-refractivity contribution in [2.24, 2.45) is 11.0 Å². The van der Waals surface area contributed by atoms with Crippen molar-refractivity contribution in [1.29, 1.82) is 0 Å². The monoisotopic (exact) mass is 544 g/mol. The fraction of sp³-hybridized carbons (Fsp3) is 0.0556. The van der Waals surface area contributed by atoms with Gasteiger partial charge in [0.25, 0.3) is 11.8 Å². The fourth-order valence-corrected chi connectivity index (χ4v) is 3.31. The summed E-state index contributed by atoms with van der Waals surface area (Å²) < 4.78 is 0.911. The number of nitrogens with zero attached hydrogens (tertiary/aromatic N) is 2. The van der Waals surface area contributed by atoms with E-state index in [1.807, 2.05) is 0 Å². The molecule has 0 aliphatic carbocycles. The summed E-state index contributed by atoms with van der Waals surface area (Å²) in [5.74, 6) is -3.68. The number of benzene rings is 2. The molecule has 5 amide bonds. The van der Waals surface area contributed by atoms with Crippen molar-refractivity contribution in [3.05, 3.63) is 61.6 Å². The van der Waals surface area contributed by atoms with Crippen LogP contribution in [0.15, 0.2) is 47.6 Å². The first-order valence-electron chi connectivity index (χ1n) is 8.01. The molecule has 29 heavy (non-hydrogen) atoms. The summed E-state index contributed by atoms with van der Waals surface area (Å²) in [6.07, 6.45) is 0.950. The number of anilines is 1. The van der Waals surface area contributed by atoms with Gasteiger partial charge in [0.2, 0.25) is 5.91 Å². The van der Waals surface area contributed by atoms with Gasteiger partial charge in [-0.1, -0.05) is 23.2 Å². The predicted molar refractivity (Wildman–Crippen MR) is 116 cm³/mol. The summed E-state index contributed by atoms with van der Waals surface area (Å²) in [5, 5.41) is 6.24. The minimum atomic E-state index is -1.40. The molecule has 1 heterocycles. The highest BCUT2D eigenvalue weighted by Gasteiger charge is 2.40. The molecular weight excluding hydrogens is 534 g/mol. The van der Waals surface area contributed by atoms with Gasteiger partial charge in [-0.05, 0) is 65.1 Å². The normalized spacial score (nSPS) is 16.9. The highest BCUT2D eigenvalue weighted by Crippen LogP contribution is 2.22. The molecular formula is C18H11Cl2IN4O4. The number of urea groups is 1. The largest absolute Gasteiger partial charge is 0.335 e. The fourth-order valence-electron chi connectivity index (χ4n) is 2.46. The lowest BCUT2D eigenvalue weighted by molar-refractivity contribution is -0.131. The van der Waals surface area contributed by atoms with E-state index in [2.05, 4.69) is 38.4 Å². The van der Waals surface area contributed by atoms with E-state index < -0.39 is 29.7 Å². The average molecular weight is 545 g/mol. The molecule has 1 aliphatic heterocycles. The molecule has 0 saturated carbocycles. The Morgan fingerprint density at radius 1 is 1.14 bits per heavy atom. The Balaban J connectivity index is 1.75. The van der Waals surface area contributed by atoms with E-state index in [-0.39, 0.29) is 10.6 Å². The zero-order chi connectivity index (χ0) is 21.1. The van der Waals surface area contributed by atoms with Crippen LogP contribution in [0, 0.1) is 9.49 Å². The molecule has 148 valence electrons. The molecule has 3 rings (SSSR count). The lowest BCUT2D eigenvalue weighted by Crippen LogP contribution is -2.58. The number of nitrogens with one attached hydrogen (secondary N) is 2. The van der Waals surface area contributed by atoms with Gasteiger partial charge in [0.05, 0.1) is 16.3 Å². The van der Waals surface area contributed by atoms with Gasteiger partial charge in [-0.2, -0.15) is 5.10 Å². The van der Waals surface area contributed by atoms with Crippen LogP contribution in [0.1, 0.15) is 10.4 Å². The van der Waals surface area contributed by atoms with E-state index >= 15 is 0 Å². The number of rotatable bonds is 4. The summed E-state index contributed by atoms with van der Waals surface area (Å²) in [6.45, 7) is 0. The molecule has 2 N–H and O–H groups in total. The van der Waals surface area contributed by atoms with Crippen LogP contribution >= 0.6 is 45.8 Å². The summed E-state index contributed by atoms with van der Waals surface area (Å²) in [5.41, 5.74) is 2.60. The molecule has 1 saturated heterocycles. The molecule has 1 fully saturated rings. The van der Waals surface area contributed by atoms with Gasteiger partial charge < -0.3 is 0 Å². The third-order valence-corrected chi connectivity index (χ3v) is 5.12. The van der Waals surface area contributed by atoms with Crippen molar-refractivity contribution in [1.82, 2.24) is 10.7 Å². The van der Waals surface area contributed by atoms with Gasteiger partial charge in [0, 0.05) is 14.8 Å². The van der Waals surface area contributed by atoms with Crippen molar-refractivity contribution in [3.63, 3.8) is 0 Å². The summed E-state index contributed by atoms with van der Waals surface area (Å²) in [6, 6.07) is 10.0. The Morgan fingerprint density at radius 2 is 1.83 bits per heavy atom. The van der Waals surface area contributed by atoms with Crippen molar-refractivity contribution >= 4 is 81.4 Å². The molecule has 1 aliphatic rings. The Bertz CT molecular complexity index is 1040. The standard InChI is InChI=1S/C18H11Cl2IN4O4/c19-9-1-6-12(14(20)7-9)16(27)24-22-8-13-15(26)23-18(29)25(17(13)28)11-4-2-10(21)3-5-11/h1-8,13H,(H,24,27)(H,23,26,29)/b22-8-/t13-/m1/s1. The number of hydrogen-bond donors (Lipinski definition) is 2. The first-order valence-corrected chi connectivity index (χ1v) is 9.84. The SMILES string of the molecule is O=C(N/N=C\[C@@H]1C(=O)NC(=O)N(c2ccc(I)cc2)C1=O)c1ccc(Cl)cc1Cl. The number of barbiturate groups is 1. The van der Waals surface area contributed by atoms with Crippen molar-refractivity contribution in [2.75, 3.05) is 4.90 Å². The minimum Gasteiger partial charge on any atom is -0.276 e. The zero-order valence-corrected chi connectivity index (χ0v) is 18.0. The average Bonchev–Trinajstić information content (AvgIpc) is 2.65. The number of amides is 5. The van der Waals surface area contributed by atoms with Crippen LogP contribution in [0.2, 0.25) is 10.0 Å². The maximum atomic E-state index is 12.7. The van der Waals surface area contributed by atoms with Gasteiger partial charge in [0.15, 0.2) is 5.92 Å². The Morgan fingerprint density at radius 3 is 2.48 bits per heavy atom. The second-order valence-corrected chi connectivity index (χ2v) is 7.85. The van der Waals surface area contributed by atoms with E-state index in [1.165, 1.54) is 18.2 Å². The Hall–Kier alpha value is -2.50. The van der Waals surface area contributed by atoms with E-state index in [1.54, 1.807) is 24.3 Å². The van der Waals surface area contributed by atoms with Crippen LogP contribution < -0.4 is 15.6 Å². The number of hydrazone groups is 1.